The Morgan fingerprint density at radius 2 is 0.537 bits per heavy atom. The first-order valence-electron chi connectivity index (χ1n) is 37.3. The molecule has 8 aliphatic rings. The zero-order valence-corrected chi connectivity index (χ0v) is 65.2. The van der Waals surface area contributed by atoms with E-state index in [9.17, 15) is 168 Å². The second kappa shape index (κ2) is 30.3. The fourth-order valence-corrected chi connectivity index (χ4v) is 16.2. The Morgan fingerprint density at radius 3 is 0.963 bits per heavy atom. The van der Waals surface area contributed by atoms with Gasteiger partial charge < -0.3 is 210 Å². The molecule has 0 unspecified atom stereocenters. The van der Waals surface area contributed by atoms with Crippen molar-refractivity contribution in [3.63, 3.8) is 0 Å². The summed E-state index contributed by atoms with van der Waals surface area (Å²) in [5.41, 5.74) is -30.5. The van der Waals surface area contributed by atoms with Gasteiger partial charge in [0.1, 0.15) is 31.0 Å². The third-order valence-corrected chi connectivity index (χ3v) is 22.4. The molecule has 1 fully saturated rings. The average molecular weight is 1870 g/mol. The predicted molar refractivity (Wildman–Crippen MR) is 412 cm³/mol. The molecule has 10 aromatic carbocycles. The SMILES string of the molecule is O=C(O[C@@H]1O[C@@H]2COC(=O)c3cc(O)c(O)c(O)c3-c3c(cc(O)c(O)c3O)C(=O)O[C@H]2[C@@H]2OC(=O)c3cc(O)c(O)c(O)c3-c3c(cc(O)c(O)c3O)C(=O)O[C@@H]12)c1cc(O)c(O)c(O)c1Oc1cc2c(c(O)c1O)-c1c(cc(O)c(O)c1O)C(=O)OC[C@H]1OC(=O)c3cc(O)c(O)c(O)c3-c3c(O)c(O)c(O)c4c3C(=O)O[C@H]([C@H]3OC(=O)c5c-4c(O)c(O)c(O)c5[C@H]3O)[C@@H]1OC2=O. The third kappa shape index (κ3) is 12.6. The van der Waals surface area contributed by atoms with Gasteiger partial charge in [-0.3, -0.25) is 0 Å². The van der Waals surface area contributed by atoms with Crippen LogP contribution in [0.2, 0.25) is 0 Å². The Labute approximate surface area is 733 Å². The second-order valence-electron chi connectivity index (χ2n) is 29.8. The van der Waals surface area contributed by atoms with E-state index in [1.807, 2.05) is 0 Å². The van der Waals surface area contributed by atoms with Gasteiger partial charge in [-0.1, -0.05) is 0 Å². The molecule has 52 nitrogen and oxygen atoms in total. The fraction of sp³-hybridized carbons (Fsp3) is 0.146. The number of benzene rings is 10. The van der Waals surface area contributed by atoms with Gasteiger partial charge >= 0.3 is 59.7 Å². The molecule has 52 heteroatoms. The third-order valence-electron chi connectivity index (χ3n) is 22.4. The van der Waals surface area contributed by atoms with E-state index in [1.165, 1.54) is 0 Å². The molecule has 1 saturated heterocycles. The molecule has 0 amide bonds. The minimum Gasteiger partial charge on any atom is -0.504 e. The predicted octanol–water partition coefficient (Wildman–Crippen LogP) is 3.37. The summed E-state index contributed by atoms with van der Waals surface area (Å²) in [5, 5.41) is 343. The van der Waals surface area contributed by atoms with E-state index in [1.54, 1.807) is 0 Å². The van der Waals surface area contributed by atoms with Crippen molar-refractivity contribution >= 4 is 59.7 Å². The van der Waals surface area contributed by atoms with Crippen molar-refractivity contribution < 1.29 is 258 Å². The lowest BCUT2D eigenvalue weighted by molar-refractivity contribution is -0.282. The van der Waals surface area contributed by atoms with E-state index in [0.717, 1.165) is 0 Å². The van der Waals surface area contributed by atoms with Crippen molar-refractivity contribution in [3.05, 3.63) is 110 Å². The number of phenols is 29. The Balaban J connectivity index is 0.840. The molecule has 0 spiro atoms. The van der Waals surface area contributed by atoms with Gasteiger partial charge in [-0.2, -0.15) is 0 Å². The van der Waals surface area contributed by atoms with Gasteiger partial charge in [0.25, 0.3) is 0 Å². The number of cyclic esters (lactones) is 2. The van der Waals surface area contributed by atoms with E-state index in [-0.39, 0.29) is 42.5 Å². The largest absolute Gasteiger partial charge is 0.504 e. The number of phenolic OH excluding ortho intramolecular Hbond substituents is 29. The number of rotatable bonds is 4. The summed E-state index contributed by atoms with van der Waals surface area (Å²) in [5.74, 6) is -74.3. The van der Waals surface area contributed by atoms with Crippen molar-refractivity contribution in [3.8, 4) is 234 Å². The van der Waals surface area contributed by atoms with Crippen LogP contribution < -0.4 is 4.74 Å². The zero-order chi connectivity index (χ0) is 97.1. The highest BCUT2D eigenvalue weighted by Gasteiger charge is 2.59. The first kappa shape index (κ1) is 86.9. The van der Waals surface area contributed by atoms with Crippen LogP contribution in [0.4, 0.5) is 0 Å². The summed E-state index contributed by atoms with van der Waals surface area (Å²) in [6.45, 7) is -3.45. The monoisotopic (exact) mass is 1870 g/mol. The van der Waals surface area contributed by atoms with Gasteiger partial charge in [0.05, 0.1) is 50.1 Å². The van der Waals surface area contributed by atoms with E-state index in [4.69, 9.17) is 56.8 Å². The van der Waals surface area contributed by atoms with Crippen LogP contribution in [0.25, 0.3) is 55.6 Å². The van der Waals surface area contributed by atoms with Gasteiger partial charge in [-0.05, 0) is 36.4 Å². The number of carbonyl (C=O) groups is 10. The highest BCUT2D eigenvalue weighted by molar-refractivity contribution is 6.18. The molecule has 0 aromatic heterocycles. The molecule has 0 aliphatic carbocycles. The van der Waals surface area contributed by atoms with Crippen LogP contribution in [0.3, 0.4) is 0 Å². The lowest BCUT2D eigenvalue weighted by Crippen LogP contribution is -2.63. The molecule has 134 heavy (non-hydrogen) atoms. The summed E-state index contributed by atoms with van der Waals surface area (Å²) in [4.78, 5) is 153. The Morgan fingerprint density at radius 1 is 0.254 bits per heavy atom. The van der Waals surface area contributed by atoms with E-state index < -0.39 is 429 Å². The van der Waals surface area contributed by atoms with Crippen LogP contribution in [0.5, 0.6) is 178 Å². The molecule has 10 atom stereocenters. The van der Waals surface area contributed by atoms with Crippen LogP contribution in [0.15, 0.2) is 48.5 Å². The van der Waals surface area contributed by atoms with Crippen molar-refractivity contribution in [1.82, 2.24) is 0 Å². The highest BCUT2D eigenvalue weighted by atomic mass is 16.8. The summed E-state index contributed by atoms with van der Waals surface area (Å²) < 4.78 is 68.9. The number of hydrogen-bond donors (Lipinski definition) is 30. The maximum Gasteiger partial charge on any atom is 0.344 e. The topological polar surface area (TPSA) is 888 Å². The number of aliphatic hydroxyl groups excluding tert-OH is 1. The average Bonchev–Trinajstić information content (AvgIpc) is 0.999. The van der Waals surface area contributed by atoms with Crippen molar-refractivity contribution in [2.45, 2.75) is 61.2 Å². The lowest BCUT2D eigenvalue weighted by Gasteiger charge is -2.44. The molecular weight excluding hydrogens is 1820 g/mol. The highest BCUT2D eigenvalue weighted by Crippen LogP contribution is 2.65. The minimum absolute atomic E-state index is 0.0233. The molecule has 692 valence electrons. The first-order valence-corrected chi connectivity index (χ1v) is 37.3. The second-order valence-corrected chi connectivity index (χ2v) is 29.8. The van der Waals surface area contributed by atoms with E-state index >= 15 is 33.6 Å². The lowest BCUT2D eigenvalue weighted by atomic mass is 9.80. The Hall–Kier alpha value is -19.2. The van der Waals surface area contributed by atoms with Crippen LogP contribution in [-0.4, -0.2) is 281 Å². The van der Waals surface area contributed by atoms with Crippen LogP contribution >= 0.6 is 0 Å². The molecular formula is C82H52O52. The Kier molecular flexibility index (Phi) is 19.6. The van der Waals surface area contributed by atoms with Crippen LogP contribution in [-0.2, 0) is 52.1 Å². The van der Waals surface area contributed by atoms with Crippen molar-refractivity contribution in [2.75, 3.05) is 13.2 Å². The van der Waals surface area contributed by atoms with Crippen LogP contribution in [0.1, 0.15) is 115 Å². The maximum atomic E-state index is 16.1. The number of ether oxygens (including phenoxy) is 12. The number of aliphatic hydroxyl groups is 1. The first-order chi connectivity index (χ1) is 63.1. The Bertz CT molecular complexity index is 7140. The van der Waals surface area contributed by atoms with Crippen LogP contribution in [0, 0.1) is 0 Å². The molecule has 6 bridgehead atoms. The summed E-state index contributed by atoms with van der Waals surface area (Å²) in [7, 11) is 0. The van der Waals surface area contributed by atoms with Gasteiger partial charge in [-0.15, -0.1) is 0 Å². The summed E-state index contributed by atoms with van der Waals surface area (Å²) in [6, 6.07) is 1.42. The van der Waals surface area contributed by atoms with Gasteiger partial charge in [0, 0.05) is 73.3 Å². The number of aromatic hydroxyl groups is 29. The molecule has 30 N–H and O–H groups in total. The quantitative estimate of drug-likeness (QED) is 0.0682. The molecule has 8 aliphatic heterocycles. The number of carbonyl (C=O) groups excluding carboxylic acids is 10. The molecule has 8 heterocycles. The maximum absolute atomic E-state index is 16.1. The van der Waals surface area contributed by atoms with Gasteiger partial charge in [0.2, 0.25) is 75.6 Å². The summed E-state index contributed by atoms with van der Waals surface area (Å²) in [6.07, 6.45) is -30.0. The van der Waals surface area contributed by atoms with Gasteiger partial charge in [-0.25, -0.2) is 47.9 Å². The number of fused-ring (bicyclic) bond motifs is 16. The van der Waals surface area contributed by atoms with E-state index in [0.29, 0.717) is 6.07 Å². The number of esters is 10. The van der Waals surface area contributed by atoms with E-state index in [2.05, 4.69) is 0 Å². The summed E-state index contributed by atoms with van der Waals surface area (Å²) >= 11 is 0. The molecule has 0 saturated carbocycles. The smallest absolute Gasteiger partial charge is 0.344 e. The fourth-order valence-electron chi connectivity index (χ4n) is 16.2. The minimum atomic E-state index is -3.23. The molecule has 10 aromatic rings. The van der Waals surface area contributed by atoms with Crippen molar-refractivity contribution in [2.24, 2.45) is 0 Å². The molecule has 18 rings (SSSR count). The number of hydrogen-bond acceptors (Lipinski definition) is 52. The van der Waals surface area contributed by atoms with Gasteiger partial charge in [0.15, 0.2) is 152 Å². The zero-order valence-electron chi connectivity index (χ0n) is 65.2. The van der Waals surface area contributed by atoms with Crippen molar-refractivity contribution in [1.29, 1.82) is 0 Å². The standard InChI is InChI=1S/C82H52O52/c83-19-1-11-29(50(98)42(19)90)31-13(3-21(85)44(92)52(31)100)75(116)129-67-28(10-124-73(11)114)127-82(71-70(67)131-76(117)14-4-22(86)45(93)53(101)32(14)33-15(77(118)133-71)5-23(87)46(94)54(33)102)134-79(120)18-7-25(89)48(96)64(112)65(18)125-26-8-17-34(56(104)49(26)97)30-12(2-20(84)43(91)51(30)99)72(113)123-9-27-66(128-78(17)119)69-68-61(109)41-40(81(122)130-68)38(59(107)63(111)60(41)108)37-39(80(121)132-69)36(57(105)62(110)58(37)106)35-16(74(115)126-27)6-24(88)47(95)55(35)103/h1-8,27-28,61,66-71,82-112H,9-10H2/t27-,28-,61-,66-,67-,68+,69+,70+,71-,82+/m1/s1. The normalized spacial score (nSPS) is 20.4. The molecule has 0 radical (unpaired) electrons.